The van der Waals surface area contributed by atoms with Gasteiger partial charge < -0.3 is 9.74 Å². The van der Waals surface area contributed by atoms with Crippen LogP contribution in [0.5, 0.6) is 0 Å². The molecule has 0 saturated carbocycles. The van der Waals surface area contributed by atoms with Gasteiger partial charge in [-0.25, -0.2) is 4.39 Å². The molecule has 1 amide bonds. The van der Waals surface area contributed by atoms with E-state index in [2.05, 4.69) is 5.16 Å². The van der Waals surface area contributed by atoms with Crippen LogP contribution in [0.2, 0.25) is 5.02 Å². The summed E-state index contributed by atoms with van der Waals surface area (Å²) in [6, 6.07) is 13.9. The Labute approximate surface area is 169 Å². The topological polar surface area (TPSA) is 41.9 Å². The second-order valence-electron chi connectivity index (χ2n) is 7.44. The highest BCUT2D eigenvalue weighted by atomic mass is 35.5. The van der Waals surface area contributed by atoms with Gasteiger partial charge >= 0.3 is 0 Å². The zero-order valence-electron chi connectivity index (χ0n) is 16.1. The van der Waals surface area contributed by atoms with Crippen LogP contribution in [0, 0.1) is 11.7 Å². The largest absolute Gasteiger partial charge is 0.390 e. The summed E-state index contributed by atoms with van der Waals surface area (Å²) in [5.41, 5.74) is 2.27. The van der Waals surface area contributed by atoms with Gasteiger partial charge in [0.05, 0.1) is 12.3 Å². The van der Waals surface area contributed by atoms with Crippen LogP contribution in [-0.4, -0.2) is 29.2 Å². The predicted octanol–water partition coefficient (Wildman–Crippen LogP) is 5.05. The predicted molar refractivity (Wildman–Crippen MR) is 109 cm³/mol. The highest BCUT2D eigenvalue weighted by Crippen LogP contribution is 2.21. The molecule has 1 aliphatic rings. The van der Waals surface area contributed by atoms with Crippen LogP contribution in [0.25, 0.3) is 0 Å². The number of benzene rings is 2. The van der Waals surface area contributed by atoms with Gasteiger partial charge in [0.1, 0.15) is 5.82 Å². The van der Waals surface area contributed by atoms with E-state index < -0.39 is 0 Å². The minimum atomic E-state index is -0.310. The van der Waals surface area contributed by atoms with Crippen molar-refractivity contribution in [1.29, 1.82) is 0 Å². The molecule has 0 N–H and O–H groups in total. The molecule has 0 radical (unpaired) electrons. The SMILES string of the molecule is CC(C)CC(=O)N(Cc1ccccc1F)C[C@H]1CC(c2ccc(Cl)cc2)=NO1. The molecule has 0 saturated heterocycles. The Morgan fingerprint density at radius 2 is 1.96 bits per heavy atom. The first-order valence-electron chi connectivity index (χ1n) is 9.42. The fraction of sp³-hybridized carbons (Fsp3) is 0.364. The van der Waals surface area contributed by atoms with Crippen LogP contribution >= 0.6 is 11.6 Å². The molecule has 0 aliphatic carbocycles. The van der Waals surface area contributed by atoms with E-state index in [0.717, 1.165) is 11.3 Å². The standard InChI is InChI=1S/C22H24ClFN2O2/c1-15(2)11-22(27)26(13-17-5-3-4-6-20(17)24)14-19-12-21(25-28-19)16-7-9-18(23)10-8-16/h3-10,15,19H,11-14H2,1-2H3/t19-/m1/s1. The highest BCUT2D eigenvalue weighted by molar-refractivity contribution is 6.30. The lowest BCUT2D eigenvalue weighted by Crippen LogP contribution is -2.38. The van der Waals surface area contributed by atoms with E-state index in [1.807, 2.05) is 38.1 Å². The molecule has 1 aliphatic heterocycles. The molecule has 148 valence electrons. The molecule has 3 rings (SSSR count). The molecule has 0 bridgehead atoms. The maximum Gasteiger partial charge on any atom is 0.223 e. The van der Waals surface area contributed by atoms with Crippen LogP contribution in [0.15, 0.2) is 53.7 Å². The van der Waals surface area contributed by atoms with Crippen LogP contribution in [0.1, 0.15) is 37.8 Å². The summed E-state index contributed by atoms with van der Waals surface area (Å²) >= 11 is 5.94. The van der Waals surface area contributed by atoms with Crippen molar-refractivity contribution >= 4 is 23.2 Å². The second kappa shape index (κ2) is 9.20. The van der Waals surface area contributed by atoms with E-state index in [1.165, 1.54) is 6.07 Å². The third kappa shape index (κ3) is 5.32. The third-order valence-electron chi connectivity index (χ3n) is 4.59. The Balaban J connectivity index is 1.68. The van der Waals surface area contributed by atoms with Crippen molar-refractivity contribution in [3.8, 4) is 0 Å². The van der Waals surface area contributed by atoms with Gasteiger partial charge in [0.15, 0.2) is 6.10 Å². The number of carbonyl (C=O) groups excluding carboxylic acids is 1. The monoisotopic (exact) mass is 402 g/mol. The first-order valence-corrected chi connectivity index (χ1v) is 9.80. The van der Waals surface area contributed by atoms with Crippen molar-refractivity contribution in [3.63, 3.8) is 0 Å². The van der Waals surface area contributed by atoms with E-state index in [9.17, 15) is 9.18 Å². The number of hydrogen-bond acceptors (Lipinski definition) is 3. The van der Waals surface area contributed by atoms with Crippen molar-refractivity contribution in [2.75, 3.05) is 6.54 Å². The van der Waals surface area contributed by atoms with Gasteiger partial charge in [0.25, 0.3) is 0 Å². The molecular weight excluding hydrogens is 379 g/mol. The molecular formula is C22H24ClFN2O2. The van der Waals surface area contributed by atoms with Crippen molar-refractivity contribution < 1.29 is 14.0 Å². The molecule has 0 unspecified atom stereocenters. The Morgan fingerprint density at radius 1 is 1.25 bits per heavy atom. The van der Waals surface area contributed by atoms with Gasteiger partial charge in [-0.3, -0.25) is 4.79 Å². The molecule has 0 fully saturated rings. The minimum Gasteiger partial charge on any atom is -0.390 e. The average molecular weight is 403 g/mol. The average Bonchev–Trinajstić information content (AvgIpc) is 3.11. The number of hydrogen-bond donors (Lipinski definition) is 0. The first kappa shape index (κ1) is 20.3. The number of amides is 1. The Morgan fingerprint density at radius 3 is 2.64 bits per heavy atom. The van der Waals surface area contributed by atoms with Gasteiger partial charge in [-0.1, -0.05) is 60.9 Å². The maximum atomic E-state index is 14.1. The zero-order valence-corrected chi connectivity index (χ0v) is 16.8. The zero-order chi connectivity index (χ0) is 20.1. The molecule has 0 aromatic heterocycles. The number of nitrogens with zero attached hydrogens (tertiary/aromatic N) is 2. The quantitative estimate of drug-likeness (QED) is 0.650. The van der Waals surface area contributed by atoms with E-state index in [-0.39, 0.29) is 30.3 Å². The Kier molecular flexibility index (Phi) is 6.68. The van der Waals surface area contributed by atoms with Gasteiger partial charge in [0, 0.05) is 30.0 Å². The molecule has 2 aromatic rings. The molecule has 6 heteroatoms. The summed E-state index contributed by atoms with van der Waals surface area (Å²) in [5, 5.41) is 4.84. The fourth-order valence-corrected chi connectivity index (χ4v) is 3.28. The van der Waals surface area contributed by atoms with Crippen molar-refractivity contribution in [2.24, 2.45) is 11.1 Å². The van der Waals surface area contributed by atoms with E-state index >= 15 is 0 Å². The van der Waals surface area contributed by atoms with Crippen LogP contribution < -0.4 is 0 Å². The summed E-state index contributed by atoms with van der Waals surface area (Å²) in [5.74, 6) is -0.0990. The summed E-state index contributed by atoms with van der Waals surface area (Å²) in [4.78, 5) is 20.0. The molecule has 2 aromatic carbocycles. The van der Waals surface area contributed by atoms with Crippen molar-refractivity contribution in [1.82, 2.24) is 4.90 Å². The molecule has 1 heterocycles. The molecule has 28 heavy (non-hydrogen) atoms. The van der Waals surface area contributed by atoms with E-state index in [0.29, 0.717) is 30.0 Å². The highest BCUT2D eigenvalue weighted by Gasteiger charge is 2.27. The van der Waals surface area contributed by atoms with Gasteiger partial charge in [-0.2, -0.15) is 0 Å². The minimum absolute atomic E-state index is 0.0122. The summed E-state index contributed by atoms with van der Waals surface area (Å²) in [7, 11) is 0. The molecule has 4 nitrogen and oxygen atoms in total. The van der Waals surface area contributed by atoms with Crippen molar-refractivity contribution in [2.45, 2.75) is 39.3 Å². The number of oxime groups is 1. The summed E-state index contributed by atoms with van der Waals surface area (Å²) in [6.45, 7) is 4.56. The number of halogens is 2. The summed E-state index contributed by atoms with van der Waals surface area (Å²) < 4.78 is 14.1. The number of carbonyl (C=O) groups is 1. The van der Waals surface area contributed by atoms with Crippen LogP contribution in [0.4, 0.5) is 4.39 Å². The van der Waals surface area contributed by atoms with Gasteiger partial charge in [0.2, 0.25) is 5.91 Å². The second-order valence-corrected chi connectivity index (χ2v) is 7.88. The maximum absolute atomic E-state index is 14.1. The van der Waals surface area contributed by atoms with Crippen molar-refractivity contribution in [3.05, 3.63) is 70.5 Å². The summed E-state index contributed by atoms with van der Waals surface area (Å²) in [6.07, 6.45) is 0.741. The number of rotatable bonds is 7. The lowest BCUT2D eigenvalue weighted by molar-refractivity contribution is -0.134. The lowest BCUT2D eigenvalue weighted by atomic mass is 10.0. The van der Waals surface area contributed by atoms with E-state index in [1.54, 1.807) is 23.1 Å². The normalized spacial score (nSPS) is 16.0. The van der Waals surface area contributed by atoms with Gasteiger partial charge in [-0.15, -0.1) is 0 Å². The third-order valence-corrected chi connectivity index (χ3v) is 4.84. The smallest absolute Gasteiger partial charge is 0.223 e. The fourth-order valence-electron chi connectivity index (χ4n) is 3.15. The molecule has 0 spiro atoms. The van der Waals surface area contributed by atoms with Crippen LogP contribution in [0.3, 0.4) is 0 Å². The van der Waals surface area contributed by atoms with E-state index in [4.69, 9.17) is 16.4 Å². The van der Waals surface area contributed by atoms with Crippen LogP contribution in [-0.2, 0) is 16.2 Å². The molecule has 1 atom stereocenters. The van der Waals surface area contributed by atoms with Gasteiger partial charge in [-0.05, 0) is 29.7 Å². The lowest BCUT2D eigenvalue weighted by Gasteiger charge is -2.26. The first-order chi connectivity index (χ1) is 13.4. The Hall–Kier alpha value is -2.40. The Bertz CT molecular complexity index is 852.